The molecule has 1 aromatic carbocycles. The van der Waals surface area contributed by atoms with Crippen LogP contribution >= 0.6 is 11.6 Å². The number of rotatable bonds is 4. The molecule has 22 heavy (non-hydrogen) atoms. The third kappa shape index (κ3) is 4.59. The Bertz CT molecular complexity index is 560. The number of amides is 2. The van der Waals surface area contributed by atoms with Crippen LogP contribution in [-0.2, 0) is 9.59 Å². The Morgan fingerprint density at radius 1 is 1.36 bits per heavy atom. The molecule has 0 radical (unpaired) electrons. The summed E-state index contributed by atoms with van der Waals surface area (Å²) < 4.78 is 13.0. The Morgan fingerprint density at radius 2 is 2.05 bits per heavy atom. The molecule has 1 aliphatic rings. The lowest BCUT2D eigenvalue weighted by atomic mass is 10.1. The smallest absolute Gasteiger partial charge is 0.239 e. The van der Waals surface area contributed by atoms with Gasteiger partial charge in [0.2, 0.25) is 11.8 Å². The molecule has 2 amide bonds. The summed E-state index contributed by atoms with van der Waals surface area (Å²) >= 11 is 5.68. The van der Waals surface area contributed by atoms with E-state index < -0.39 is 5.82 Å². The van der Waals surface area contributed by atoms with Gasteiger partial charge in [0.25, 0.3) is 0 Å². The molecule has 5 nitrogen and oxygen atoms in total. The zero-order valence-electron chi connectivity index (χ0n) is 12.4. The minimum Gasteiger partial charge on any atom is -0.376 e. The molecule has 0 bridgehead atoms. The summed E-state index contributed by atoms with van der Waals surface area (Å²) in [5.74, 6) is -0.560. The number of hydrogen-bond donors (Lipinski definition) is 2. The van der Waals surface area contributed by atoms with E-state index in [-0.39, 0.29) is 29.4 Å². The van der Waals surface area contributed by atoms with Gasteiger partial charge in [-0.15, -0.1) is 0 Å². The molecular formula is C15H19ClFN3O2. The summed E-state index contributed by atoms with van der Waals surface area (Å²) in [6, 6.07) is 4.30. The first-order chi connectivity index (χ1) is 10.5. The Hall–Kier alpha value is -1.82. The maximum Gasteiger partial charge on any atom is 0.239 e. The summed E-state index contributed by atoms with van der Waals surface area (Å²) in [5, 5.41) is 5.85. The summed E-state index contributed by atoms with van der Waals surface area (Å²) in [6.45, 7) is 2.98. The number of hydrogen-bond acceptors (Lipinski definition) is 3. The van der Waals surface area contributed by atoms with Gasteiger partial charge in [-0.2, -0.15) is 0 Å². The minimum atomic E-state index is -0.492. The van der Waals surface area contributed by atoms with E-state index >= 15 is 0 Å². The van der Waals surface area contributed by atoms with E-state index in [0.29, 0.717) is 18.8 Å². The number of nitrogens with zero attached hydrogens (tertiary/aromatic N) is 1. The van der Waals surface area contributed by atoms with Crippen molar-refractivity contribution in [1.29, 1.82) is 0 Å². The largest absolute Gasteiger partial charge is 0.376 e. The van der Waals surface area contributed by atoms with Crippen LogP contribution in [0.25, 0.3) is 0 Å². The van der Waals surface area contributed by atoms with Crippen molar-refractivity contribution in [3.05, 3.63) is 29.0 Å². The Labute approximate surface area is 133 Å². The molecule has 0 saturated carbocycles. The monoisotopic (exact) mass is 327 g/mol. The van der Waals surface area contributed by atoms with Gasteiger partial charge in [-0.25, -0.2) is 4.39 Å². The number of nitrogens with one attached hydrogen (secondary N) is 2. The third-order valence-corrected chi connectivity index (χ3v) is 3.97. The van der Waals surface area contributed by atoms with Gasteiger partial charge in [-0.05, 0) is 31.0 Å². The average Bonchev–Trinajstić information content (AvgIpc) is 2.49. The lowest BCUT2D eigenvalue weighted by molar-refractivity contribution is -0.130. The number of halogens is 2. The molecule has 0 spiro atoms. The first-order valence-electron chi connectivity index (χ1n) is 7.19. The van der Waals surface area contributed by atoms with Gasteiger partial charge < -0.3 is 15.5 Å². The first kappa shape index (κ1) is 16.5. The fourth-order valence-corrected chi connectivity index (χ4v) is 2.59. The van der Waals surface area contributed by atoms with Crippen molar-refractivity contribution in [3.8, 4) is 0 Å². The van der Waals surface area contributed by atoms with Crippen molar-refractivity contribution in [3.63, 3.8) is 0 Å². The SMILES string of the molecule is CC(=O)N1CCC(NC(=O)CNc2ccc(F)c(Cl)c2)CC1. The maximum absolute atomic E-state index is 13.0. The number of anilines is 1. The highest BCUT2D eigenvalue weighted by Crippen LogP contribution is 2.19. The number of carbonyl (C=O) groups is 2. The van der Waals surface area contributed by atoms with Crippen molar-refractivity contribution < 1.29 is 14.0 Å². The van der Waals surface area contributed by atoms with E-state index in [0.717, 1.165) is 12.8 Å². The van der Waals surface area contributed by atoms with Crippen LogP contribution in [0.15, 0.2) is 18.2 Å². The second-order valence-corrected chi connectivity index (χ2v) is 5.74. The lowest BCUT2D eigenvalue weighted by Crippen LogP contribution is -2.47. The van der Waals surface area contributed by atoms with Crippen LogP contribution in [0.4, 0.5) is 10.1 Å². The van der Waals surface area contributed by atoms with Crippen LogP contribution in [0, 0.1) is 5.82 Å². The zero-order valence-corrected chi connectivity index (χ0v) is 13.1. The standard InChI is InChI=1S/C15H19ClFN3O2/c1-10(21)20-6-4-11(5-7-20)19-15(22)9-18-12-2-3-14(17)13(16)8-12/h2-3,8,11,18H,4-7,9H2,1H3,(H,19,22). The van der Waals surface area contributed by atoms with Gasteiger partial charge in [0.15, 0.2) is 0 Å². The quantitative estimate of drug-likeness (QED) is 0.889. The van der Waals surface area contributed by atoms with Crippen LogP contribution < -0.4 is 10.6 Å². The molecule has 2 N–H and O–H groups in total. The van der Waals surface area contributed by atoms with E-state index in [1.807, 2.05) is 0 Å². The van der Waals surface area contributed by atoms with Crippen molar-refractivity contribution in [2.45, 2.75) is 25.8 Å². The molecule has 1 heterocycles. The average molecular weight is 328 g/mol. The molecule has 0 aliphatic carbocycles. The molecule has 0 aromatic heterocycles. The molecule has 7 heteroatoms. The molecule has 0 unspecified atom stereocenters. The molecule has 1 aliphatic heterocycles. The van der Waals surface area contributed by atoms with E-state index in [1.54, 1.807) is 11.8 Å². The molecule has 2 rings (SSSR count). The summed E-state index contributed by atoms with van der Waals surface area (Å²) in [7, 11) is 0. The summed E-state index contributed by atoms with van der Waals surface area (Å²) in [6.07, 6.45) is 1.52. The number of carbonyl (C=O) groups excluding carboxylic acids is 2. The van der Waals surface area contributed by atoms with E-state index in [1.165, 1.54) is 18.2 Å². The molecule has 1 fully saturated rings. The summed E-state index contributed by atoms with van der Waals surface area (Å²) in [4.78, 5) is 24.9. The van der Waals surface area contributed by atoms with E-state index in [9.17, 15) is 14.0 Å². The second kappa shape index (κ2) is 7.45. The van der Waals surface area contributed by atoms with Gasteiger partial charge in [-0.1, -0.05) is 11.6 Å². The zero-order chi connectivity index (χ0) is 16.1. The van der Waals surface area contributed by atoms with Gasteiger partial charge in [0.05, 0.1) is 11.6 Å². The van der Waals surface area contributed by atoms with Crippen LogP contribution in [0.5, 0.6) is 0 Å². The van der Waals surface area contributed by atoms with Gasteiger partial charge in [0, 0.05) is 31.7 Å². The number of benzene rings is 1. The highest BCUT2D eigenvalue weighted by atomic mass is 35.5. The number of piperidine rings is 1. The Balaban J connectivity index is 1.74. The first-order valence-corrected chi connectivity index (χ1v) is 7.57. The van der Waals surface area contributed by atoms with Crippen LogP contribution in [0.2, 0.25) is 5.02 Å². The lowest BCUT2D eigenvalue weighted by Gasteiger charge is -2.31. The van der Waals surface area contributed by atoms with Crippen molar-refractivity contribution in [2.75, 3.05) is 25.0 Å². The van der Waals surface area contributed by atoms with Crippen molar-refractivity contribution in [2.24, 2.45) is 0 Å². The van der Waals surface area contributed by atoms with Crippen LogP contribution in [0.3, 0.4) is 0 Å². The Morgan fingerprint density at radius 3 is 2.64 bits per heavy atom. The molecular weight excluding hydrogens is 309 g/mol. The predicted molar refractivity (Wildman–Crippen MR) is 83.3 cm³/mol. The topological polar surface area (TPSA) is 61.4 Å². The molecule has 1 saturated heterocycles. The predicted octanol–water partition coefficient (Wildman–Crippen LogP) is 2.02. The van der Waals surface area contributed by atoms with Crippen molar-refractivity contribution in [1.82, 2.24) is 10.2 Å². The highest BCUT2D eigenvalue weighted by molar-refractivity contribution is 6.31. The second-order valence-electron chi connectivity index (χ2n) is 5.33. The van der Waals surface area contributed by atoms with Crippen LogP contribution in [-0.4, -0.2) is 42.4 Å². The van der Waals surface area contributed by atoms with E-state index in [2.05, 4.69) is 10.6 Å². The minimum absolute atomic E-state index is 0.0158. The summed E-state index contributed by atoms with van der Waals surface area (Å²) in [5.41, 5.74) is 0.591. The van der Waals surface area contributed by atoms with Crippen LogP contribution in [0.1, 0.15) is 19.8 Å². The molecule has 0 atom stereocenters. The van der Waals surface area contributed by atoms with Gasteiger partial charge >= 0.3 is 0 Å². The van der Waals surface area contributed by atoms with Gasteiger partial charge in [-0.3, -0.25) is 9.59 Å². The van der Waals surface area contributed by atoms with E-state index in [4.69, 9.17) is 11.6 Å². The highest BCUT2D eigenvalue weighted by Gasteiger charge is 2.21. The number of likely N-dealkylation sites (tertiary alicyclic amines) is 1. The van der Waals surface area contributed by atoms with Crippen molar-refractivity contribution >= 4 is 29.1 Å². The third-order valence-electron chi connectivity index (χ3n) is 3.68. The Kier molecular flexibility index (Phi) is 5.60. The maximum atomic E-state index is 13.0. The molecule has 120 valence electrons. The fraction of sp³-hybridized carbons (Fsp3) is 0.467. The molecule has 1 aromatic rings. The normalized spacial score (nSPS) is 15.5. The fourth-order valence-electron chi connectivity index (χ4n) is 2.41. The van der Waals surface area contributed by atoms with Gasteiger partial charge in [0.1, 0.15) is 5.82 Å².